The van der Waals surface area contributed by atoms with Crippen LogP contribution in [-0.4, -0.2) is 15.9 Å². The average molecular weight is 319 g/mol. The highest BCUT2D eigenvalue weighted by atomic mass is 32.1. The Morgan fingerprint density at radius 3 is 2.90 bits per heavy atom. The number of thiophene rings is 1. The predicted molar refractivity (Wildman–Crippen MR) is 91.6 cm³/mol. The first-order valence-corrected chi connectivity index (χ1v) is 9.08. The number of hydrogen-bond donors (Lipinski definition) is 1. The van der Waals surface area contributed by atoms with Gasteiger partial charge in [0, 0.05) is 40.0 Å². The van der Waals surface area contributed by atoms with E-state index in [1.807, 2.05) is 11.3 Å². The van der Waals surface area contributed by atoms with Crippen molar-refractivity contribution in [3.8, 4) is 0 Å². The van der Waals surface area contributed by atoms with Gasteiger partial charge in [0.15, 0.2) is 4.96 Å². The highest BCUT2D eigenvalue weighted by Gasteiger charge is 2.16. The Morgan fingerprint density at radius 2 is 2.24 bits per heavy atom. The maximum absolute atomic E-state index is 4.72. The van der Waals surface area contributed by atoms with Crippen LogP contribution in [0.15, 0.2) is 23.8 Å². The van der Waals surface area contributed by atoms with Crippen molar-refractivity contribution in [1.29, 1.82) is 0 Å². The molecule has 112 valence electrons. The van der Waals surface area contributed by atoms with Crippen molar-refractivity contribution in [3.63, 3.8) is 0 Å². The van der Waals surface area contributed by atoms with E-state index in [9.17, 15) is 0 Å². The Hall–Kier alpha value is -1.17. The molecule has 1 unspecified atom stereocenters. The van der Waals surface area contributed by atoms with Gasteiger partial charge in [-0.1, -0.05) is 6.92 Å². The molecule has 0 saturated heterocycles. The Morgan fingerprint density at radius 1 is 1.38 bits per heavy atom. The van der Waals surface area contributed by atoms with E-state index in [0.29, 0.717) is 6.04 Å². The van der Waals surface area contributed by atoms with Gasteiger partial charge >= 0.3 is 0 Å². The number of aryl methyl sites for hydroxylation is 2. The highest BCUT2D eigenvalue weighted by Crippen LogP contribution is 2.29. The van der Waals surface area contributed by atoms with Crippen molar-refractivity contribution in [2.45, 2.75) is 39.7 Å². The molecule has 0 aliphatic rings. The molecule has 21 heavy (non-hydrogen) atoms. The lowest BCUT2D eigenvalue weighted by molar-refractivity contribution is 0.532. The number of fused-ring (bicyclic) bond motifs is 1. The second-order valence-corrected chi connectivity index (χ2v) is 7.58. The zero-order chi connectivity index (χ0) is 14.8. The van der Waals surface area contributed by atoms with Crippen LogP contribution in [0.3, 0.4) is 0 Å². The molecule has 3 rings (SSSR count). The first kappa shape index (κ1) is 14.8. The van der Waals surface area contributed by atoms with Gasteiger partial charge < -0.3 is 5.32 Å². The van der Waals surface area contributed by atoms with E-state index >= 15 is 0 Å². The summed E-state index contributed by atoms with van der Waals surface area (Å²) in [4.78, 5) is 8.64. The lowest BCUT2D eigenvalue weighted by atomic mass is 10.1. The third-order valence-corrected chi connectivity index (χ3v) is 5.76. The second kappa shape index (κ2) is 6.30. The number of hydrogen-bond acceptors (Lipinski definition) is 4. The van der Waals surface area contributed by atoms with Gasteiger partial charge in [-0.2, -0.15) is 0 Å². The summed E-state index contributed by atoms with van der Waals surface area (Å²) in [5.41, 5.74) is 2.56. The largest absolute Gasteiger partial charge is 0.309 e. The Labute approximate surface area is 133 Å². The molecule has 0 amide bonds. The Balaban J connectivity index is 1.82. The summed E-state index contributed by atoms with van der Waals surface area (Å²) >= 11 is 3.60. The normalized spacial score (nSPS) is 13.1. The minimum Gasteiger partial charge on any atom is -0.309 e. The van der Waals surface area contributed by atoms with Gasteiger partial charge in [0.25, 0.3) is 0 Å². The van der Waals surface area contributed by atoms with Crippen molar-refractivity contribution in [1.82, 2.24) is 14.7 Å². The molecule has 0 radical (unpaired) electrons. The van der Waals surface area contributed by atoms with Gasteiger partial charge in [0.2, 0.25) is 0 Å². The number of nitrogens with zero attached hydrogens (tertiary/aromatic N) is 2. The monoisotopic (exact) mass is 319 g/mol. The highest BCUT2D eigenvalue weighted by molar-refractivity contribution is 7.15. The molecule has 3 nitrogen and oxygen atoms in total. The number of aromatic nitrogens is 2. The molecule has 0 saturated carbocycles. The third kappa shape index (κ3) is 3.20. The van der Waals surface area contributed by atoms with E-state index in [4.69, 9.17) is 4.98 Å². The fraction of sp³-hybridized carbons (Fsp3) is 0.438. The summed E-state index contributed by atoms with van der Waals surface area (Å²) in [5, 5.41) is 5.75. The number of nitrogens with one attached hydrogen (secondary N) is 1. The number of thiazole rings is 1. The van der Waals surface area contributed by atoms with Crippen LogP contribution < -0.4 is 5.32 Å². The van der Waals surface area contributed by atoms with Crippen LogP contribution >= 0.6 is 22.7 Å². The first-order chi connectivity index (χ1) is 10.2. The van der Waals surface area contributed by atoms with Crippen LogP contribution in [-0.2, 0) is 6.42 Å². The van der Waals surface area contributed by atoms with Crippen LogP contribution in [0, 0.1) is 13.8 Å². The van der Waals surface area contributed by atoms with E-state index in [1.54, 1.807) is 11.3 Å². The summed E-state index contributed by atoms with van der Waals surface area (Å²) in [6.45, 7) is 7.65. The van der Waals surface area contributed by atoms with Crippen LogP contribution in [0.5, 0.6) is 0 Å². The Kier molecular flexibility index (Phi) is 4.42. The summed E-state index contributed by atoms with van der Waals surface area (Å²) < 4.78 is 2.11. The fourth-order valence-electron chi connectivity index (χ4n) is 2.45. The van der Waals surface area contributed by atoms with Crippen molar-refractivity contribution in [2.75, 3.05) is 6.54 Å². The van der Waals surface area contributed by atoms with Crippen LogP contribution in [0.2, 0.25) is 0 Å². The third-order valence-electron chi connectivity index (χ3n) is 3.73. The zero-order valence-electron chi connectivity index (χ0n) is 12.7. The summed E-state index contributed by atoms with van der Waals surface area (Å²) in [5.74, 6) is 0. The average Bonchev–Trinajstić information content (AvgIpc) is 3.10. The van der Waals surface area contributed by atoms with Gasteiger partial charge in [-0.25, -0.2) is 4.98 Å². The number of rotatable bonds is 6. The van der Waals surface area contributed by atoms with Crippen molar-refractivity contribution in [2.24, 2.45) is 0 Å². The minimum absolute atomic E-state index is 0.368. The molecule has 5 heteroatoms. The lowest BCUT2D eigenvalue weighted by Gasteiger charge is -2.16. The fourth-order valence-corrected chi connectivity index (χ4v) is 4.29. The second-order valence-electron chi connectivity index (χ2n) is 5.42. The zero-order valence-corrected chi connectivity index (χ0v) is 14.4. The van der Waals surface area contributed by atoms with Crippen molar-refractivity contribution < 1.29 is 0 Å². The van der Waals surface area contributed by atoms with Crippen LogP contribution in [0.1, 0.15) is 40.4 Å². The summed E-state index contributed by atoms with van der Waals surface area (Å²) in [6, 6.07) is 2.69. The summed E-state index contributed by atoms with van der Waals surface area (Å²) in [7, 11) is 0. The predicted octanol–water partition coefficient (Wildman–Crippen LogP) is 4.36. The topological polar surface area (TPSA) is 29.3 Å². The molecule has 3 heterocycles. The first-order valence-electron chi connectivity index (χ1n) is 7.38. The van der Waals surface area contributed by atoms with E-state index in [-0.39, 0.29) is 0 Å². The van der Waals surface area contributed by atoms with Gasteiger partial charge in [0.1, 0.15) is 0 Å². The molecule has 0 bridgehead atoms. The lowest BCUT2D eigenvalue weighted by Crippen LogP contribution is -2.23. The van der Waals surface area contributed by atoms with E-state index in [0.717, 1.165) is 24.3 Å². The standard InChI is InChI=1S/C16H21N3S2/c1-4-5-17-14(15-8-11(2)12(3)21-15)9-13-10-19-6-7-20-16(19)18-13/h6-8,10,14,17H,4-5,9H2,1-3H3. The van der Waals surface area contributed by atoms with E-state index < -0.39 is 0 Å². The molecule has 1 atom stereocenters. The molecule has 3 aromatic rings. The van der Waals surface area contributed by atoms with Gasteiger partial charge in [0.05, 0.1) is 5.69 Å². The minimum atomic E-state index is 0.368. The molecule has 0 aliphatic carbocycles. The maximum atomic E-state index is 4.72. The maximum Gasteiger partial charge on any atom is 0.193 e. The molecule has 0 aliphatic heterocycles. The molecule has 0 aromatic carbocycles. The SMILES string of the molecule is CCCNC(Cc1cn2ccsc2n1)c1cc(C)c(C)s1. The van der Waals surface area contributed by atoms with Crippen LogP contribution in [0.25, 0.3) is 4.96 Å². The Bertz CT molecular complexity index is 675. The molecular formula is C16H21N3S2. The molecule has 0 spiro atoms. The van der Waals surface area contributed by atoms with Crippen molar-refractivity contribution >= 4 is 27.6 Å². The van der Waals surface area contributed by atoms with E-state index in [1.165, 1.54) is 21.0 Å². The molecular weight excluding hydrogens is 298 g/mol. The number of imidazole rings is 1. The smallest absolute Gasteiger partial charge is 0.193 e. The van der Waals surface area contributed by atoms with Crippen molar-refractivity contribution in [3.05, 3.63) is 44.9 Å². The molecule has 1 N–H and O–H groups in total. The van der Waals surface area contributed by atoms with E-state index in [2.05, 4.69) is 54.3 Å². The molecule has 0 fully saturated rings. The molecule has 3 aromatic heterocycles. The van der Waals surface area contributed by atoms with Crippen LogP contribution in [0.4, 0.5) is 0 Å². The van der Waals surface area contributed by atoms with Gasteiger partial charge in [-0.05, 0) is 38.4 Å². The van der Waals surface area contributed by atoms with Gasteiger partial charge in [-0.15, -0.1) is 22.7 Å². The quantitative estimate of drug-likeness (QED) is 0.731. The summed E-state index contributed by atoms with van der Waals surface area (Å²) in [6.07, 6.45) is 6.33. The van der Waals surface area contributed by atoms with Gasteiger partial charge in [-0.3, -0.25) is 4.40 Å².